The minimum Gasteiger partial charge on any atom is -0.294 e. The fourth-order valence-electron chi connectivity index (χ4n) is 2.18. The Kier molecular flexibility index (Phi) is 3.47. The molecule has 0 bridgehead atoms. The van der Waals surface area contributed by atoms with Crippen molar-refractivity contribution in [1.82, 2.24) is 0 Å². The molecule has 0 radical (unpaired) electrons. The molecule has 1 fully saturated rings. The van der Waals surface area contributed by atoms with Gasteiger partial charge in [0, 0.05) is 16.4 Å². The Labute approximate surface area is 95.3 Å². The van der Waals surface area contributed by atoms with Gasteiger partial charge in [-0.3, -0.25) is 4.79 Å². The second kappa shape index (κ2) is 4.84. The standard InChI is InChI=1S/C13H16OS/c1-15-12-8-6-11(7-9-12)13(14)10-4-2-3-5-10/h6-10H,2-5H2,1H3. The second-order valence-corrected chi connectivity index (χ2v) is 4.95. The summed E-state index contributed by atoms with van der Waals surface area (Å²) in [6.45, 7) is 0. The Bertz CT molecular complexity index is 336. The van der Waals surface area contributed by atoms with Crippen LogP contribution in [-0.4, -0.2) is 12.0 Å². The highest BCUT2D eigenvalue weighted by Gasteiger charge is 2.23. The molecule has 0 amide bonds. The Morgan fingerprint density at radius 2 is 1.80 bits per heavy atom. The van der Waals surface area contributed by atoms with Crippen LogP contribution in [0.2, 0.25) is 0 Å². The summed E-state index contributed by atoms with van der Waals surface area (Å²) in [4.78, 5) is 13.3. The Morgan fingerprint density at radius 3 is 2.33 bits per heavy atom. The molecule has 1 aliphatic carbocycles. The third kappa shape index (κ3) is 2.43. The Hall–Kier alpha value is -0.760. The van der Waals surface area contributed by atoms with Crippen molar-refractivity contribution in [3.05, 3.63) is 29.8 Å². The van der Waals surface area contributed by atoms with E-state index in [0.29, 0.717) is 11.7 Å². The number of carbonyl (C=O) groups excluding carboxylic acids is 1. The van der Waals surface area contributed by atoms with E-state index in [4.69, 9.17) is 0 Å². The predicted molar refractivity (Wildman–Crippen MR) is 64.5 cm³/mol. The zero-order chi connectivity index (χ0) is 10.7. The minimum absolute atomic E-state index is 0.296. The van der Waals surface area contributed by atoms with Crippen LogP contribution in [0.3, 0.4) is 0 Å². The van der Waals surface area contributed by atoms with Crippen LogP contribution in [0, 0.1) is 5.92 Å². The Morgan fingerprint density at radius 1 is 1.20 bits per heavy atom. The first-order valence-corrected chi connectivity index (χ1v) is 6.72. The molecule has 2 rings (SSSR count). The third-order valence-electron chi connectivity index (χ3n) is 3.10. The maximum Gasteiger partial charge on any atom is 0.165 e. The highest BCUT2D eigenvalue weighted by atomic mass is 32.2. The van der Waals surface area contributed by atoms with Crippen molar-refractivity contribution in [2.24, 2.45) is 5.92 Å². The van der Waals surface area contributed by atoms with Crippen LogP contribution < -0.4 is 0 Å². The summed E-state index contributed by atoms with van der Waals surface area (Å²) in [7, 11) is 0. The quantitative estimate of drug-likeness (QED) is 0.569. The van der Waals surface area contributed by atoms with Crippen LogP contribution in [0.15, 0.2) is 29.2 Å². The molecule has 0 N–H and O–H groups in total. The van der Waals surface area contributed by atoms with E-state index in [1.165, 1.54) is 17.7 Å². The van der Waals surface area contributed by atoms with E-state index in [2.05, 4.69) is 0 Å². The van der Waals surface area contributed by atoms with E-state index < -0.39 is 0 Å². The molecular formula is C13H16OS. The summed E-state index contributed by atoms with van der Waals surface area (Å²) in [5, 5.41) is 0. The van der Waals surface area contributed by atoms with Crippen LogP contribution in [0.5, 0.6) is 0 Å². The number of Topliss-reactive ketones (excluding diaryl/α,β-unsaturated/α-hetero) is 1. The molecule has 2 heteroatoms. The lowest BCUT2D eigenvalue weighted by molar-refractivity contribution is 0.0923. The fraction of sp³-hybridized carbons (Fsp3) is 0.462. The van der Waals surface area contributed by atoms with E-state index in [9.17, 15) is 4.79 Å². The van der Waals surface area contributed by atoms with Crippen LogP contribution in [-0.2, 0) is 0 Å². The van der Waals surface area contributed by atoms with Gasteiger partial charge in [0.2, 0.25) is 0 Å². The molecular weight excluding hydrogens is 204 g/mol. The summed E-state index contributed by atoms with van der Waals surface area (Å²) in [6, 6.07) is 8.00. The molecule has 0 unspecified atom stereocenters. The first-order valence-electron chi connectivity index (χ1n) is 5.49. The van der Waals surface area contributed by atoms with Crippen LogP contribution in [0.25, 0.3) is 0 Å². The number of hydrogen-bond donors (Lipinski definition) is 0. The average molecular weight is 220 g/mol. The number of carbonyl (C=O) groups is 1. The molecule has 1 aromatic rings. The van der Waals surface area contributed by atoms with Crippen molar-refractivity contribution in [3.8, 4) is 0 Å². The molecule has 0 saturated heterocycles. The Balaban J connectivity index is 2.11. The van der Waals surface area contributed by atoms with Gasteiger partial charge in [-0.05, 0) is 31.2 Å². The molecule has 1 aromatic carbocycles. The lowest BCUT2D eigenvalue weighted by Crippen LogP contribution is -2.10. The summed E-state index contributed by atoms with van der Waals surface area (Å²) in [5.41, 5.74) is 0.889. The molecule has 0 atom stereocenters. The van der Waals surface area contributed by atoms with Crippen molar-refractivity contribution in [1.29, 1.82) is 0 Å². The number of thioether (sulfide) groups is 1. The lowest BCUT2D eigenvalue weighted by Gasteiger charge is -2.07. The minimum atomic E-state index is 0.296. The highest BCUT2D eigenvalue weighted by Crippen LogP contribution is 2.28. The van der Waals surface area contributed by atoms with Crippen molar-refractivity contribution >= 4 is 17.5 Å². The zero-order valence-corrected chi connectivity index (χ0v) is 9.85. The summed E-state index contributed by atoms with van der Waals surface area (Å²) in [6.07, 6.45) is 6.67. The zero-order valence-electron chi connectivity index (χ0n) is 9.03. The number of rotatable bonds is 3. The predicted octanol–water partition coefficient (Wildman–Crippen LogP) is 3.78. The van der Waals surface area contributed by atoms with E-state index in [1.54, 1.807) is 11.8 Å². The molecule has 1 aliphatic rings. The van der Waals surface area contributed by atoms with Gasteiger partial charge in [-0.25, -0.2) is 0 Å². The molecule has 0 aliphatic heterocycles. The van der Waals surface area contributed by atoms with Gasteiger partial charge in [-0.15, -0.1) is 11.8 Å². The van der Waals surface area contributed by atoms with E-state index in [0.717, 1.165) is 18.4 Å². The molecule has 0 spiro atoms. The molecule has 1 nitrogen and oxygen atoms in total. The first kappa shape index (κ1) is 10.7. The fourth-order valence-corrected chi connectivity index (χ4v) is 2.59. The normalized spacial score (nSPS) is 16.9. The monoisotopic (exact) mass is 220 g/mol. The first-order chi connectivity index (χ1) is 7.31. The molecule has 0 aromatic heterocycles. The average Bonchev–Trinajstić information content (AvgIpc) is 2.82. The molecule has 0 heterocycles. The van der Waals surface area contributed by atoms with Gasteiger partial charge in [0.05, 0.1) is 0 Å². The smallest absolute Gasteiger partial charge is 0.165 e. The van der Waals surface area contributed by atoms with Crippen LogP contribution >= 0.6 is 11.8 Å². The highest BCUT2D eigenvalue weighted by molar-refractivity contribution is 7.98. The van der Waals surface area contributed by atoms with Crippen molar-refractivity contribution < 1.29 is 4.79 Å². The van der Waals surface area contributed by atoms with Gasteiger partial charge < -0.3 is 0 Å². The van der Waals surface area contributed by atoms with E-state index in [1.807, 2.05) is 30.5 Å². The lowest BCUT2D eigenvalue weighted by atomic mass is 9.96. The number of hydrogen-bond acceptors (Lipinski definition) is 2. The van der Waals surface area contributed by atoms with E-state index in [-0.39, 0.29) is 0 Å². The second-order valence-electron chi connectivity index (χ2n) is 4.07. The number of ketones is 1. The third-order valence-corrected chi connectivity index (χ3v) is 3.84. The van der Waals surface area contributed by atoms with Crippen LogP contribution in [0.1, 0.15) is 36.0 Å². The van der Waals surface area contributed by atoms with E-state index >= 15 is 0 Å². The molecule has 15 heavy (non-hydrogen) atoms. The van der Waals surface area contributed by atoms with Gasteiger partial charge in [0.1, 0.15) is 0 Å². The molecule has 1 saturated carbocycles. The number of benzene rings is 1. The van der Waals surface area contributed by atoms with Crippen molar-refractivity contribution in [2.45, 2.75) is 30.6 Å². The largest absolute Gasteiger partial charge is 0.294 e. The van der Waals surface area contributed by atoms with Crippen molar-refractivity contribution in [2.75, 3.05) is 6.26 Å². The maximum atomic E-state index is 12.0. The summed E-state index contributed by atoms with van der Waals surface area (Å²) in [5.74, 6) is 0.644. The van der Waals surface area contributed by atoms with Gasteiger partial charge in [0.15, 0.2) is 5.78 Å². The van der Waals surface area contributed by atoms with Gasteiger partial charge >= 0.3 is 0 Å². The molecule has 80 valence electrons. The topological polar surface area (TPSA) is 17.1 Å². The summed E-state index contributed by atoms with van der Waals surface area (Å²) >= 11 is 1.71. The SMILES string of the molecule is CSc1ccc(C(=O)C2CCCC2)cc1. The van der Waals surface area contributed by atoms with Gasteiger partial charge in [0.25, 0.3) is 0 Å². The van der Waals surface area contributed by atoms with Gasteiger partial charge in [-0.2, -0.15) is 0 Å². The van der Waals surface area contributed by atoms with Crippen LogP contribution in [0.4, 0.5) is 0 Å². The summed E-state index contributed by atoms with van der Waals surface area (Å²) < 4.78 is 0. The maximum absolute atomic E-state index is 12.0. The van der Waals surface area contributed by atoms with Gasteiger partial charge in [-0.1, -0.05) is 25.0 Å². The van der Waals surface area contributed by atoms with Crippen molar-refractivity contribution in [3.63, 3.8) is 0 Å².